The Hall–Kier alpha value is -1.51. The zero-order chi connectivity index (χ0) is 12.1. The number of hydrogen-bond acceptors (Lipinski definition) is 5. The molecule has 7 nitrogen and oxygen atoms in total. The number of nitrogen functional groups attached to an aromatic ring is 2. The number of benzene rings is 1. The summed E-state index contributed by atoms with van der Waals surface area (Å²) in [4.78, 5) is 0. The molecule has 0 radical (unpaired) electrons. The van der Waals surface area contributed by atoms with Crippen molar-refractivity contribution >= 4 is 21.8 Å². The Labute approximate surface area is 87.2 Å². The van der Waals surface area contributed by atoms with E-state index in [4.69, 9.17) is 33.7 Å². The Morgan fingerprint density at radius 1 is 1.27 bits per heavy atom. The van der Waals surface area contributed by atoms with Gasteiger partial charge < -0.3 is 16.2 Å². The molecule has 1 rings (SSSR count). The average Bonchev–Trinajstić information content (AvgIpc) is 2.06. The number of rotatable bonds is 1. The standard InChI is InChI=1S/C7H10N2O.H2O4S/c1-10-7-4-5(8)2-3-6(7)9;1-5(2,3)4/h2-4H,8-9H2,1H3;(H2,1,2,3,4). The van der Waals surface area contributed by atoms with Gasteiger partial charge in [-0.2, -0.15) is 8.42 Å². The van der Waals surface area contributed by atoms with Crippen LogP contribution in [0.5, 0.6) is 5.75 Å². The first kappa shape index (κ1) is 13.5. The summed E-state index contributed by atoms with van der Waals surface area (Å²) in [5.74, 6) is 0.625. The fraction of sp³-hybridized carbons (Fsp3) is 0.143. The van der Waals surface area contributed by atoms with Crippen LogP contribution in [0.2, 0.25) is 0 Å². The highest BCUT2D eigenvalue weighted by atomic mass is 32.3. The van der Waals surface area contributed by atoms with E-state index in [9.17, 15) is 0 Å². The van der Waals surface area contributed by atoms with Gasteiger partial charge >= 0.3 is 10.4 Å². The number of anilines is 2. The van der Waals surface area contributed by atoms with Gasteiger partial charge in [0.25, 0.3) is 0 Å². The van der Waals surface area contributed by atoms with E-state index < -0.39 is 10.4 Å². The van der Waals surface area contributed by atoms with Crippen LogP contribution in [0.4, 0.5) is 11.4 Å². The lowest BCUT2D eigenvalue weighted by molar-refractivity contribution is 0.381. The van der Waals surface area contributed by atoms with Gasteiger partial charge in [0.05, 0.1) is 12.8 Å². The first-order valence-corrected chi connectivity index (χ1v) is 5.02. The molecule has 0 spiro atoms. The van der Waals surface area contributed by atoms with Crippen LogP contribution >= 0.6 is 0 Å². The van der Waals surface area contributed by atoms with Gasteiger partial charge in [0.2, 0.25) is 0 Å². The van der Waals surface area contributed by atoms with E-state index in [1.54, 1.807) is 25.3 Å². The molecule has 0 aliphatic rings. The maximum absolute atomic E-state index is 8.74. The van der Waals surface area contributed by atoms with E-state index in [-0.39, 0.29) is 0 Å². The minimum atomic E-state index is -4.67. The predicted molar refractivity (Wildman–Crippen MR) is 56.0 cm³/mol. The van der Waals surface area contributed by atoms with Crippen molar-refractivity contribution in [2.75, 3.05) is 18.6 Å². The molecule has 0 fully saturated rings. The van der Waals surface area contributed by atoms with Crippen LogP contribution < -0.4 is 16.2 Å². The highest BCUT2D eigenvalue weighted by molar-refractivity contribution is 7.79. The van der Waals surface area contributed by atoms with Crippen molar-refractivity contribution in [3.8, 4) is 5.75 Å². The zero-order valence-corrected chi connectivity index (χ0v) is 8.73. The van der Waals surface area contributed by atoms with Crippen molar-refractivity contribution in [3.63, 3.8) is 0 Å². The topological polar surface area (TPSA) is 136 Å². The van der Waals surface area contributed by atoms with Gasteiger partial charge in [-0.1, -0.05) is 0 Å². The van der Waals surface area contributed by atoms with Gasteiger partial charge in [0, 0.05) is 11.8 Å². The van der Waals surface area contributed by atoms with E-state index in [0.717, 1.165) is 0 Å². The SMILES string of the molecule is COc1cc(N)ccc1N.O=S(=O)(O)O. The highest BCUT2D eigenvalue weighted by Crippen LogP contribution is 2.22. The first-order valence-electron chi connectivity index (χ1n) is 3.63. The maximum atomic E-state index is 8.74. The third-order valence-corrected chi connectivity index (χ3v) is 1.26. The van der Waals surface area contributed by atoms with Gasteiger partial charge in [-0.05, 0) is 12.1 Å². The van der Waals surface area contributed by atoms with Crippen molar-refractivity contribution in [3.05, 3.63) is 18.2 Å². The summed E-state index contributed by atoms with van der Waals surface area (Å²) in [6.45, 7) is 0. The summed E-state index contributed by atoms with van der Waals surface area (Å²) in [7, 11) is -3.11. The molecular formula is C7H12N2O5S. The van der Waals surface area contributed by atoms with Crippen LogP contribution in [0.25, 0.3) is 0 Å². The molecule has 6 N–H and O–H groups in total. The van der Waals surface area contributed by atoms with Crippen molar-refractivity contribution < 1.29 is 22.3 Å². The molecule has 8 heteroatoms. The molecule has 86 valence electrons. The fourth-order valence-electron chi connectivity index (χ4n) is 0.728. The van der Waals surface area contributed by atoms with E-state index in [1.807, 2.05) is 0 Å². The summed E-state index contributed by atoms with van der Waals surface area (Å²) in [5, 5.41) is 0. The third kappa shape index (κ3) is 7.55. The van der Waals surface area contributed by atoms with Crippen LogP contribution in [-0.2, 0) is 10.4 Å². The Morgan fingerprint density at radius 3 is 2.07 bits per heavy atom. The Kier molecular flexibility index (Phi) is 4.85. The molecule has 0 aromatic heterocycles. The molecule has 0 aliphatic carbocycles. The monoisotopic (exact) mass is 236 g/mol. The predicted octanol–water partition coefficient (Wildman–Crippen LogP) is 0.207. The van der Waals surface area contributed by atoms with Crippen LogP contribution in [0.3, 0.4) is 0 Å². The van der Waals surface area contributed by atoms with Crippen molar-refractivity contribution in [2.45, 2.75) is 0 Å². The van der Waals surface area contributed by atoms with Gasteiger partial charge in [0.15, 0.2) is 0 Å². The second-order valence-corrected chi connectivity index (χ2v) is 3.34. The lowest BCUT2D eigenvalue weighted by Crippen LogP contribution is -1.93. The summed E-state index contributed by atoms with van der Waals surface area (Å²) in [5.41, 5.74) is 12.3. The molecule has 0 unspecified atom stereocenters. The lowest BCUT2D eigenvalue weighted by Gasteiger charge is -2.03. The van der Waals surface area contributed by atoms with Crippen LogP contribution in [0.1, 0.15) is 0 Å². The normalized spacial score (nSPS) is 10.1. The largest absolute Gasteiger partial charge is 0.495 e. The lowest BCUT2D eigenvalue weighted by atomic mass is 10.3. The molecule has 0 heterocycles. The third-order valence-electron chi connectivity index (χ3n) is 1.26. The van der Waals surface area contributed by atoms with Crippen molar-refractivity contribution in [2.24, 2.45) is 0 Å². The molecule has 0 saturated heterocycles. The molecule has 0 atom stereocenters. The Morgan fingerprint density at radius 2 is 1.73 bits per heavy atom. The van der Waals surface area contributed by atoms with E-state index in [0.29, 0.717) is 17.1 Å². The average molecular weight is 236 g/mol. The summed E-state index contributed by atoms with van der Waals surface area (Å²) in [6, 6.07) is 5.14. The maximum Gasteiger partial charge on any atom is 0.394 e. The molecular weight excluding hydrogens is 224 g/mol. The summed E-state index contributed by atoms with van der Waals surface area (Å²) < 4.78 is 36.5. The van der Waals surface area contributed by atoms with E-state index >= 15 is 0 Å². The minimum absolute atomic E-state index is 0.608. The summed E-state index contributed by atoms with van der Waals surface area (Å²) in [6.07, 6.45) is 0. The highest BCUT2D eigenvalue weighted by Gasteiger charge is 1.96. The van der Waals surface area contributed by atoms with Gasteiger partial charge in [-0.25, -0.2) is 0 Å². The number of ether oxygens (including phenoxy) is 1. The quantitative estimate of drug-likeness (QED) is 0.404. The Bertz CT molecular complexity index is 409. The van der Waals surface area contributed by atoms with Crippen LogP contribution in [0.15, 0.2) is 18.2 Å². The summed E-state index contributed by atoms with van der Waals surface area (Å²) >= 11 is 0. The zero-order valence-electron chi connectivity index (χ0n) is 7.91. The van der Waals surface area contributed by atoms with Gasteiger partial charge in [0.1, 0.15) is 5.75 Å². The molecule has 1 aromatic rings. The van der Waals surface area contributed by atoms with Crippen LogP contribution in [0, 0.1) is 0 Å². The van der Waals surface area contributed by atoms with Gasteiger partial charge in [-0.3, -0.25) is 9.11 Å². The molecule has 0 bridgehead atoms. The molecule has 1 aromatic carbocycles. The van der Waals surface area contributed by atoms with Crippen LogP contribution in [-0.4, -0.2) is 24.6 Å². The smallest absolute Gasteiger partial charge is 0.394 e. The Balaban J connectivity index is 0.000000336. The number of hydrogen-bond donors (Lipinski definition) is 4. The van der Waals surface area contributed by atoms with Crippen molar-refractivity contribution in [1.29, 1.82) is 0 Å². The molecule has 0 aliphatic heterocycles. The molecule has 15 heavy (non-hydrogen) atoms. The molecule has 0 amide bonds. The molecule has 0 saturated carbocycles. The second-order valence-electron chi connectivity index (χ2n) is 2.45. The van der Waals surface area contributed by atoms with Crippen molar-refractivity contribution in [1.82, 2.24) is 0 Å². The van der Waals surface area contributed by atoms with E-state index in [1.165, 1.54) is 0 Å². The number of methoxy groups -OCH3 is 1. The fourth-order valence-corrected chi connectivity index (χ4v) is 0.728. The first-order chi connectivity index (χ1) is 6.74. The minimum Gasteiger partial charge on any atom is -0.495 e. The second kappa shape index (κ2) is 5.39. The van der Waals surface area contributed by atoms with Gasteiger partial charge in [-0.15, -0.1) is 0 Å². The van der Waals surface area contributed by atoms with E-state index in [2.05, 4.69) is 0 Å². The number of nitrogens with two attached hydrogens (primary N) is 2.